The molecule has 0 radical (unpaired) electrons. The quantitative estimate of drug-likeness (QED) is 0.464. The van der Waals surface area contributed by atoms with Crippen LogP contribution in [0.4, 0.5) is 5.82 Å². The first-order chi connectivity index (χ1) is 10.7. The number of hydrogen-bond donors (Lipinski definition) is 2. The minimum Gasteiger partial charge on any atom is -0.494 e. The van der Waals surface area contributed by atoms with Crippen molar-refractivity contribution in [2.75, 3.05) is 12.0 Å². The molecule has 0 aliphatic carbocycles. The number of rotatable bonds is 7. The first-order valence-electron chi connectivity index (χ1n) is 7.14. The number of ether oxygens (including phenoxy) is 1. The van der Waals surface area contributed by atoms with Gasteiger partial charge in [0, 0.05) is 0 Å². The summed E-state index contributed by atoms with van der Waals surface area (Å²) in [5.74, 6) is 1.18. The number of nitrogens with zero attached hydrogens (tertiary/aromatic N) is 3. The van der Waals surface area contributed by atoms with Gasteiger partial charge in [-0.2, -0.15) is 15.2 Å². The van der Waals surface area contributed by atoms with E-state index in [2.05, 4.69) is 32.6 Å². The minimum atomic E-state index is -0.517. The lowest BCUT2D eigenvalue weighted by atomic mass is 10.2. The highest BCUT2D eigenvalue weighted by Crippen LogP contribution is 2.11. The van der Waals surface area contributed by atoms with E-state index in [-0.39, 0.29) is 0 Å². The van der Waals surface area contributed by atoms with E-state index in [1.807, 2.05) is 24.3 Å². The van der Waals surface area contributed by atoms with E-state index in [0.717, 1.165) is 30.8 Å². The van der Waals surface area contributed by atoms with Gasteiger partial charge in [0.15, 0.2) is 5.82 Å². The smallest absolute Gasteiger partial charge is 0.363 e. The van der Waals surface area contributed by atoms with Gasteiger partial charge in [-0.25, -0.2) is 9.89 Å². The van der Waals surface area contributed by atoms with Crippen LogP contribution in [0.3, 0.4) is 0 Å². The summed E-state index contributed by atoms with van der Waals surface area (Å²) in [7, 11) is 0. The monoisotopic (exact) mass is 301 g/mol. The molecule has 0 amide bonds. The second-order valence-electron chi connectivity index (χ2n) is 4.72. The number of aryl methyl sites for hydroxylation is 1. The molecule has 22 heavy (non-hydrogen) atoms. The molecule has 0 saturated carbocycles. The van der Waals surface area contributed by atoms with Crippen molar-refractivity contribution in [3.63, 3.8) is 0 Å². The van der Waals surface area contributed by atoms with E-state index in [1.54, 1.807) is 13.1 Å². The Morgan fingerprint density at radius 1 is 1.36 bits per heavy atom. The molecule has 0 atom stereocenters. The molecule has 116 valence electrons. The van der Waals surface area contributed by atoms with Gasteiger partial charge in [0.2, 0.25) is 0 Å². The van der Waals surface area contributed by atoms with Crippen LogP contribution >= 0.6 is 0 Å². The third kappa shape index (κ3) is 4.69. The summed E-state index contributed by atoms with van der Waals surface area (Å²) in [6.07, 6.45) is 3.79. The molecule has 2 aromatic rings. The molecule has 0 fully saturated rings. The number of anilines is 1. The number of hydrogen-bond acceptors (Lipinski definition) is 6. The van der Waals surface area contributed by atoms with Crippen LogP contribution in [0.1, 0.15) is 31.0 Å². The molecule has 7 nitrogen and oxygen atoms in total. The Balaban J connectivity index is 1.93. The molecule has 1 heterocycles. The van der Waals surface area contributed by atoms with E-state index in [9.17, 15) is 4.79 Å². The van der Waals surface area contributed by atoms with Crippen molar-refractivity contribution in [1.82, 2.24) is 15.2 Å². The molecule has 1 aromatic heterocycles. The summed E-state index contributed by atoms with van der Waals surface area (Å²) in [5.41, 5.74) is 3.66. The maximum Gasteiger partial charge on any atom is 0.363 e. The largest absolute Gasteiger partial charge is 0.494 e. The number of aromatic amines is 1. The minimum absolute atomic E-state index is 0.333. The summed E-state index contributed by atoms with van der Waals surface area (Å²) in [6, 6.07) is 7.61. The summed E-state index contributed by atoms with van der Waals surface area (Å²) < 4.78 is 5.59. The van der Waals surface area contributed by atoms with Crippen LogP contribution in [0.25, 0.3) is 0 Å². The van der Waals surface area contributed by atoms with Crippen molar-refractivity contribution in [1.29, 1.82) is 0 Å². The van der Waals surface area contributed by atoms with E-state index >= 15 is 0 Å². The number of aromatic nitrogens is 3. The summed E-state index contributed by atoms with van der Waals surface area (Å²) in [4.78, 5) is 14.8. The average Bonchev–Trinajstić information content (AvgIpc) is 2.52. The first-order valence-corrected chi connectivity index (χ1v) is 7.14. The highest BCUT2D eigenvalue weighted by Gasteiger charge is 2.00. The van der Waals surface area contributed by atoms with Gasteiger partial charge < -0.3 is 4.74 Å². The summed E-state index contributed by atoms with van der Waals surface area (Å²) >= 11 is 0. The zero-order valence-electron chi connectivity index (χ0n) is 12.7. The topological polar surface area (TPSA) is 92.3 Å². The van der Waals surface area contributed by atoms with E-state index < -0.39 is 5.69 Å². The molecule has 2 rings (SSSR count). The molecule has 0 bridgehead atoms. The fourth-order valence-electron chi connectivity index (χ4n) is 1.65. The predicted octanol–water partition coefficient (Wildman–Crippen LogP) is 2.10. The molecule has 0 saturated heterocycles. The van der Waals surface area contributed by atoms with Crippen molar-refractivity contribution in [3.05, 3.63) is 46.0 Å². The van der Waals surface area contributed by atoms with Gasteiger partial charge in [0.1, 0.15) is 11.4 Å². The lowest BCUT2D eigenvalue weighted by Gasteiger charge is -2.05. The van der Waals surface area contributed by atoms with Gasteiger partial charge in [-0.1, -0.05) is 13.3 Å². The molecule has 1 aromatic carbocycles. The average molecular weight is 301 g/mol. The first kappa shape index (κ1) is 15.7. The van der Waals surface area contributed by atoms with E-state index in [4.69, 9.17) is 4.74 Å². The zero-order chi connectivity index (χ0) is 15.8. The van der Waals surface area contributed by atoms with Crippen molar-refractivity contribution >= 4 is 12.0 Å². The molecule has 0 spiro atoms. The van der Waals surface area contributed by atoms with Gasteiger partial charge in [-0.3, -0.25) is 5.43 Å². The van der Waals surface area contributed by atoms with Gasteiger partial charge in [0.05, 0.1) is 12.8 Å². The van der Waals surface area contributed by atoms with Crippen LogP contribution in [0.15, 0.2) is 34.2 Å². The number of hydrazone groups is 1. The Morgan fingerprint density at radius 3 is 2.86 bits per heavy atom. The Bertz CT molecular complexity index is 679. The second-order valence-corrected chi connectivity index (χ2v) is 4.72. The maximum absolute atomic E-state index is 11.1. The molecule has 0 aliphatic rings. The van der Waals surface area contributed by atoms with Gasteiger partial charge in [-0.15, -0.1) is 0 Å². The highest BCUT2D eigenvalue weighted by molar-refractivity contribution is 5.80. The Labute approximate surface area is 128 Å². The van der Waals surface area contributed by atoms with Crippen LogP contribution in [0.5, 0.6) is 5.75 Å². The third-order valence-electron chi connectivity index (χ3n) is 2.91. The van der Waals surface area contributed by atoms with Gasteiger partial charge >= 0.3 is 5.69 Å². The molecule has 0 aliphatic heterocycles. The van der Waals surface area contributed by atoms with Crippen LogP contribution in [0, 0.1) is 6.92 Å². The van der Waals surface area contributed by atoms with E-state index in [0.29, 0.717) is 11.5 Å². The number of unbranched alkanes of at least 4 members (excludes halogenated alkanes) is 1. The van der Waals surface area contributed by atoms with Crippen molar-refractivity contribution in [3.8, 4) is 5.75 Å². The summed E-state index contributed by atoms with van der Waals surface area (Å²) in [5, 5.41) is 10.1. The Morgan fingerprint density at radius 2 is 2.14 bits per heavy atom. The predicted molar refractivity (Wildman–Crippen MR) is 85.5 cm³/mol. The maximum atomic E-state index is 11.1. The number of benzene rings is 1. The molecule has 2 N–H and O–H groups in total. The van der Waals surface area contributed by atoms with Crippen molar-refractivity contribution in [2.45, 2.75) is 26.7 Å². The van der Waals surface area contributed by atoms with Crippen LogP contribution in [-0.2, 0) is 0 Å². The molecular weight excluding hydrogens is 282 g/mol. The fourth-order valence-corrected chi connectivity index (χ4v) is 1.65. The molecule has 7 heteroatoms. The summed E-state index contributed by atoms with van der Waals surface area (Å²) in [6.45, 7) is 4.58. The molecule has 0 unspecified atom stereocenters. The lowest BCUT2D eigenvalue weighted by Crippen LogP contribution is -2.15. The Kier molecular flexibility index (Phi) is 5.65. The van der Waals surface area contributed by atoms with Crippen LogP contribution in [0.2, 0.25) is 0 Å². The SMILES string of the molecule is CCCCOc1ccc(/C=N/Nc2nc(=O)[nH]nc2C)cc1. The van der Waals surface area contributed by atoms with Crippen LogP contribution < -0.4 is 15.9 Å². The zero-order valence-corrected chi connectivity index (χ0v) is 12.7. The lowest BCUT2D eigenvalue weighted by molar-refractivity contribution is 0.309. The van der Waals surface area contributed by atoms with Crippen LogP contribution in [-0.4, -0.2) is 28.0 Å². The van der Waals surface area contributed by atoms with Crippen molar-refractivity contribution < 1.29 is 4.74 Å². The molecular formula is C15H19N5O2. The van der Waals surface area contributed by atoms with Gasteiger partial charge in [-0.05, 0) is 43.2 Å². The Hall–Kier alpha value is -2.70. The standard InChI is InChI=1S/C15H19N5O2/c1-3-4-9-22-13-7-5-12(6-8-13)10-16-19-14-11(2)18-20-15(21)17-14/h5-8,10H,3-4,9H2,1-2H3,(H2,17,19,20,21)/b16-10+. The number of nitrogens with one attached hydrogen (secondary N) is 2. The third-order valence-corrected chi connectivity index (χ3v) is 2.91. The fraction of sp³-hybridized carbons (Fsp3) is 0.333. The number of H-pyrrole nitrogens is 1. The van der Waals surface area contributed by atoms with Crippen molar-refractivity contribution in [2.24, 2.45) is 5.10 Å². The second kappa shape index (κ2) is 7.92. The normalized spacial score (nSPS) is 10.8. The van der Waals surface area contributed by atoms with Gasteiger partial charge in [0.25, 0.3) is 0 Å². The highest BCUT2D eigenvalue weighted by atomic mass is 16.5. The van der Waals surface area contributed by atoms with E-state index in [1.165, 1.54) is 0 Å².